The molecule has 4 heteroatoms. The van der Waals surface area contributed by atoms with Gasteiger partial charge in [-0.3, -0.25) is 0 Å². The zero-order valence-electron chi connectivity index (χ0n) is 11.9. The van der Waals surface area contributed by atoms with Crippen molar-refractivity contribution in [1.29, 1.82) is 0 Å². The van der Waals surface area contributed by atoms with Crippen molar-refractivity contribution in [1.82, 2.24) is 4.72 Å². The summed E-state index contributed by atoms with van der Waals surface area (Å²) < 4.78 is 27.7. The van der Waals surface area contributed by atoms with Gasteiger partial charge in [0.1, 0.15) is 0 Å². The topological polar surface area (TPSA) is 46.2 Å². The number of benzene rings is 1. The Hall–Kier alpha value is -0.870. The monoisotopic (exact) mass is 281 g/mol. The zero-order chi connectivity index (χ0) is 14.0. The Labute approximate surface area is 116 Å². The number of aryl methyl sites for hydroxylation is 2. The van der Waals surface area contributed by atoms with E-state index in [-0.39, 0.29) is 6.04 Å². The van der Waals surface area contributed by atoms with Crippen molar-refractivity contribution in [3.63, 3.8) is 0 Å². The molecule has 2 rings (SSSR count). The average molecular weight is 281 g/mol. The molecule has 106 valence electrons. The summed E-state index contributed by atoms with van der Waals surface area (Å²) in [5, 5.41) is 0. The van der Waals surface area contributed by atoms with Crippen molar-refractivity contribution in [2.45, 2.75) is 57.4 Å². The van der Waals surface area contributed by atoms with Gasteiger partial charge in [0.2, 0.25) is 10.0 Å². The van der Waals surface area contributed by atoms with Crippen LogP contribution in [0.15, 0.2) is 23.1 Å². The van der Waals surface area contributed by atoms with Crippen molar-refractivity contribution in [2.75, 3.05) is 0 Å². The van der Waals surface area contributed by atoms with Gasteiger partial charge in [0, 0.05) is 6.04 Å². The lowest BCUT2D eigenvalue weighted by Crippen LogP contribution is -2.40. The van der Waals surface area contributed by atoms with Gasteiger partial charge in [0.05, 0.1) is 4.90 Å². The second kappa shape index (κ2) is 5.63. The molecule has 1 aromatic carbocycles. The largest absolute Gasteiger partial charge is 0.240 e. The zero-order valence-corrected chi connectivity index (χ0v) is 12.8. The summed E-state index contributed by atoms with van der Waals surface area (Å²) in [6, 6.07) is 5.40. The van der Waals surface area contributed by atoms with Gasteiger partial charge >= 0.3 is 0 Å². The van der Waals surface area contributed by atoms with Crippen LogP contribution in [-0.2, 0) is 10.0 Å². The van der Waals surface area contributed by atoms with Crippen LogP contribution in [-0.4, -0.2) is 14.5 Å². The first kappa shape index (κ1) is 14.5. The van der Waals surface area contributed by atoms with E-state index in [1.54, 1.807) is 12.1 Å². The Balaban J connectivity index is 2.19. The highest BCUT2D eigenvalue weighted by atomic mass is 32.2. The Morgan fingerprint density at radius 2 is 1.79 bits per heavy atom. The number of sulfonamides is 1. The summed E-state index contributed by atoms with van der Waals surface area (Å²) in [4.78, 5) is 0.383. The lowest BCUT2D eigenvalue weighted by atomic mass is 9.87. The Bertz CT molecular complexity index is 551. The highest BCUT2D eigenvalue weighted by molar-refractivity contribution is 7.89. The van der Waals surface area contributed by atoms with Gasteiger partial charge in [0.15, 0.2) is 0 Å². The quantitative estimate of drug-likeness (QED) is 0.925. The Kier molecular flexibility index (Phi) is 4.31. The molecular weight excluding hydrogens is 258 g/mol. The van der Waals surface area contributed by atoms with Gasteiger partial charge in [0.25, 0.3) is 0 Å². The van der Waals surface area contributed by atoms with E-state index in [2.05, 4.69) is 11.6 Å². The van der Waals surface area contributed by atoms with Crippen LogP contribution in [0.3, 0.4) is 0 Å². The molecule has 2 atom stereocenters. The molecule has 0 spiro atoms. The maximum absolute atomic E-state index is 12.4. The van der Waals surface area contributed by atoms with E-state index >= 15 is 0 Å². The SMILES string of the molecule is Cc1ccc(S(=O)(=O)N[C@@H]2CCCC[C@H]2C)cc1C. The first-order valence-electron chi connectivity index (χ1n) is 7.00. The summed E-state index contributed by atoms with van der Waals surface area (Å²) in [6.45, 7) is 6.06. The van der Waals surface area contributed by atoms with Gasteiger partial charge in [-0.05, 0) is 55.9 Å². The van der Waals surface area contributed by atoms with Gasteiger partial charge < -0.3 is 0 Å². The number of hydrogen-bond acceptors (Lipinski definition) is 2. The summed E-state index contributed by atoms with van der Waals surface area (Å²) in [5.74, 6) is 0.426. The van der Waals surface area contributed by atoms with Crippen LogP contribution in [0.2, 0.25) is 0 Å². The van der Waals surface area contributed by atoms with Crippen LogP contribution < -0.4 is 4.72 Å². The van der Waals surface area contributed by atoms with Gasteiger partial charge in [-0.15, -0.1) is 0 Å². The molecule has 1 saturated carbocycles. The number of nitrogens with one attached hydrogen (secondary N) is 1. The third-order valence-corrected chi connectivity index (χ3v) is 5.69. The summed E-state index contributed by atoms with van der Waals surface area (Å²) >= 11 is 0. The molecule has 1 aliphatic carbocycles. The minimum absolute atomic E-state index is 0.0837. The summed E-state index contributed by atoms with van der Waals surface area (Å²) in [6.07, 6.45) is 4.39. The van der Waals surface area contributed by atoms with E-state index in [0.29, 0.717) is 10.8 Å². The third-order valence-electron chi connectivity index (χ3n) is 4.21. The fourth-order valence-corrected chi connectivity index (χ4v) is 4.10. The highest BCUT2D eigenvalue weighted by Gasteiger charge is 2.26. The van der Waals surface area contributed by atoms with Crippen LogP contribution in [0.1, 0.15) is 43.7 Å². The van der Waals surface area contributed by atoms with E-state index < -0.39 is 10.0 Å². The van der Waals surface area contributed by atoms with Crippen molar-refractivity contribution in [3.8, 4) is 0 Å². The van der Waals surface area contributed by atoms with E-state index in [4.69, 9.17) is 0 Å². The van der Waals surface area contributed by atoms with E-state index in [1.165, 1.54) is 6.42 Å². The maximum atomic E-state index is 12.4. The molecule has 1 fully saturated rings. The van der Waals surface area contributed by atoms with Crippen LogP contribution in [0.25, 0.3) is 0 Å². The van der Waals surface area contributed by atoms with Crippen molar-refractivity contribution in [2.24, 2.45) is 5.92 Å². The molecule has 0 saturated heterocycles. The molecule has 1 aromatic rings. The molecule has 1 aliphatic rings. The molecule has 0 aliphatic heterocycles. The molecule has 0 aromatic heterocycles. The molecule has 0 heterocycles. The standard InChI is InChI=1S/C15H23NO2S/c1-11-8-9-14(10-13(11)3)19(17,18)16-15-7-5-4-6-12(15)2/h8-10,12,15-16H,4-7H2,1-3H3/t12-,15-/m1/s1. The number of hydrogen-bond donors (Lipinski definition) is 1. The van der Waals surface area contributed by atoms with Crippen LogP contribution >= 0.6 is 0 Å². The average Bonchev–Trinajstić information content (AvgIpc) is 2.35. The van der Waals surface area contributed by atoms with E-state index in [1.807, 2.05) is 19.9 Å². The molecular formula is C15H23NO2S. The fourth-order valence-electron chi connectivity index (χ4n) is 2.64. The Morgan fingerprint density at radius 3 is 2.42 bits per heavy atom. The summed E-state index contributed by atoms with van der Waals surface area (Å²) in [5.41, 5.74) is 2.13. The van der Waals surface area contributed by atoms with Crippen molar-refractivity contribution in [3.05, 3.63) is 29.3 Å². The lowest BCUT2D eigenvalue weighted by Gasteiger charge is -2.29. The third kappa shape index (κ3) is 3.37. The first-order chi connectivity index (χ1) is 8.90. The van der Waals surface area contributed by atoms with Crippen LogP contribution in [0.4, 0.5) is 0 Å². The molecule has 0 bridgehead atoms. The van der Waals surface area contributed by atoms with Gasteiger partial charge in [-0.1, -0.05) is 25.8 Å². The van der Waals surface area contributed by atoms with Gasteiger partial charge in [-0.2, -0.15) is 0 Å². The van der Waals surface area contributed by atoms with Crippen molar-refractivity contribution >= 4 is 10.0 Å². The molecule has 1 N–H and O–H groups in total. The minimum Gasteiger partial charge on any atom is -0.208 e. The second-order valence-electron chi connectivity index (χ2n) is 5.74. The summed E-state index contributed by atoms with van der Waals surface area (Å²) in [7, 11) is -3.38. The highest BCUT2D eigenvalue weighted by Crippen LogP contribution is 2.25. The molecule has 3 nitrogen and oxygen atoms in total. The second-order valence-corrected chi connectivity index (χ2v) is 7.45. The Morgan fingerprint density at radius 1 is 1.11 bits per heavy atom. The van der Waals surface area contributed by atoms with Crippen molar-refractivity contribution < 1.29 is 8.42 Å². The van der Waals surface area contributed by atoms with Gasteiger partial charge in [-0.25, -0.2) is 13.1 Å². The minimum atomic E-state index is -3.38. The predicted octanol–water partition coefficient (Wildman–Crippen LogP) is 3.16. The fraction of sp³-hybridized carbons (Fsp3) is 0.600. The number of rotatable bonds is 3. The molecule has 0 amide bonds. The van der Waals surface area contributed by atoms with Crippen LogP contribution in [0, 0.1) is 19.8 Å². The maximum Gasteiger partial charge on any atom is 0.240 e. The van der Waals surface area contributed by atoms with E-state index in [9.17, 15) is 8.42 Å². The smallest absolute Gasteiger partial charge is 0.208 e. The predicted molar refractivity (Wildman–Crippen MR) is 77.7 cm³/mol. The molecule has 19 heavy (non-hydrogen) atoms. The normalized spacial score (nSPS) is 24.4. The first-order valence-corrected chi connectivity index (χ1v) is 8.48. The lowest BCUT2D eigenvalue weighted by molar-refractivity contribution is 0.310. The molecule has 0 unspecified atom stereocenters. The molecule has 0 radical (unpaired) electrons. The van der Waals surface area contributed by atoms with E-state index in [0.717, 1.165) is 30.4 Å². The van der Waals surface area contributed by atoms with Crippen LogP contribution in [0.5, 0.6) is 0 Å².